The summed E-state index contributed by atoms with van der Waals surface area (Å²) in [5, 5.41) is 7.41. The first kappa shape index (κ1) is 12.9. The van der Waals surface area contributed by atoms with Crippen LogP contribution in [0.15, 0.2) is 0 Å². The van der Waals surface area contributed by atoms with Crippen LogP contribution in [0.2, 0.25) is 0 Å². The Kier molecular flexibility index (Phi) is 2.97. The summed E-state index contributed by atoms with van der Waals surface area (Å²) >= 11 is 0. The number of halogens is 1. The summed E-state index contributed by atoms with van der Waals surface area (Å²) in [7, 11) is -4.81. The van der Waals surface area contributed by atoms with Crippen molar-refractivity contribution in [1.82, 2.24) is 4.90 Å². The SMILES string of the molecule is CC(C)(C(=O)O)N1CC(S(=O)(=O)F)CC1=O. The van der Waals surface area contributed by atoms with Gasteiger partial charge >= 0.3 is 16.2 Å². The van der Waals surface area contributed by atoms with Crippen molar-refractivity contribution < 1.29 is 27.0 Å². The highest BCUT2D eigenvalue weighted by atomic mass is 32.3. The van der Waals surface area contributed by atoms with Crippen molar-refractivity contribution in [3.05, 3.63) is 0 Å². The van der Waals surface area contributed by atoms with Gasteiger partial charge in [-0.25, -0.2) is 4.79 Å². The first-order valence-electron chi connectivity index (χ1n) is 4.54. The second-order valence-electron chi connectivity index (χ2n) is 4.17. The van der Waals surface area contributed by atoms with E-state index >= 15 is 0 Å². The zero-order valence-corrected chi connectivity index (χ0v) is 9.62. The third-order valence-electron chi connectivity index (χ3n) is 2.69. The molecule has 1 N–H and O–H groups in total. The number of hydrogen-bond donors (Lipinski definition) is 1. The number of hydrogen-bond acceptors (Lipinski definition) is 4. The molecule has 0 spiro atoms. The van der Waals surface area contributed by atoms with Crippen LogP contribution in [0, 0.1) is 0 Å². The van der Waals surface area contributed by atoms with Gasteiger partial charge in [0.2, 0.25) is 5.91 Å². The van der Waals surface area contributed by atoms with Crippen LogP contribution in [-0.4, -0.2) is 47.6 Å². The van der Waals surface area contributed by atoms with Gasteiger partial charge < -0.3 is 10.0 Å². The highest BCUT2D eigenvalue weighted by molar-refractivity contribution is 7.87. The van der Waals surface area contributed by atoms with Crippen molar-refractivity contribution in [2.24, 2.45) is 0 Å². The monoisotopic (exact) mass is 253 g/mol. The Bertz CT molecular complexity index is 430. The van der Waals surface area contributed by atoms with Gasteiger partial charge in [0.05, 0.1) is 0 Å². The molecule has 1 unspecified atom stereocenters. The Morgan fingerprint density at radius 1 is 1.56 bits per heavy atom. The number of carbonyl (C=O) groups excluding carboxylic acids is 1. The molecule has 8 heteroatoms. The lowest BCUT2D eigenvalue weighted by molar-refractivity contribution is -0.154. The maximum absolute atomic E-state index is 12.7. The van der Waals surface area contributed by atoms with E-state index < -0.39 is 45.9 Å². The fourth-order valence-electron chi connectivity index (χ4n) is 1.52. The molecule has 0 aromatic rings. The lowest BCUT2D eigenvalue weighted by Gasteiger charge is -2.31. The standard InChI is InChI=1S/C8H12FNO5S/c1-8(2,7(12)13)10-4-5(3-6(10)11)16(9,14)15/h5H,3-4H2,1-2H3,(H,12,13). The summed E-state index contributed by atoms with van der Waals surface area (Å²) in [6.45, 7) is 2.11. The minimum Gasteiger partial charge on any atom is -0.480 e. The molecule has 1 rings (SSSR count). The molecule has 1 aliphatic heterocycles. The summed E-state index contributed by atoms with van der Waals surface area (Å²) < 4.78 is 33.9. The number of amides is 1. The molecular weight excluding hydrogens is 241 g/mol. The number of likely N-dealkylation sites (tertiary alicyclic amines) is 1. The van der Waals surface area contributed by atoms with Gasteiger partial charge in [-0.15, -0.1) is 3.89 Å². The average molecular weight is 253 g/mol. The second kappa shape index (κ2) is 3.69. The quantitative estimate of drug-likeness (QED) is 0.700. The molecule has 0 aliphatic carbocycles. The third kappa shape index (κ3) is 2.16. The van der Waals surface area contributed by atoms with Crippen molar-refractivity contribution in [2.75, 3.05) is 6.54 Å². The van der Waals surface area contributed by atoms with Crippen LogP contribution < -0.4 is 0 Å². The minimum absolute atomic E-state index is 0.420. The molecular formula is C8H12FNO5S. The topological polar surface area (TPSA) is 91.8 Å². The van der Waals surface area contributed by atoms with E-state index in [2.05, 4.69) is 0 Å². The molecule has 1 atom stereocenters. The van der Waals surface area contributed by atoms with E-state index in [4.69, 9.17) is 5.11 Å². The Labute approximate surface area is 92.3 Å². The zero-order chi connectivity index (χ0) is 12.7. The molecule has 1 amide bonds. The average Bonchev–Trinajstić information content (AvgIpc) is 2.46. The molecule has 92 valence electrons. The smallest absolute Gasteiger partial charge is 0.329 e. The molecule has 0 aromatic heterocycles. The molecule has 0 saturated carbocycles. The van der Waals surface area contributed by atoms with E-state index in [1.807, 2.05) is 0 Å². The number of rotatable bonds is 3. The van der Waals surface area contributed by atoms with Gasteiger partial charge in [-0.05, 0) is 13.8 Å². The number of aliphatic carboxylic acids is 1. The van der Waals surface area contributed by atoms with E-state index in [0.29, 0.717) is 0 Å². The van der Waals surface area contributed by atoms with Crippen LogP contribution in [0.4, 0.5) is 3.89 Å². The second-order valence-corrected chi connectivity index (χ2v) is 5.79. The summed E-state index contributed by atoms with van der Waals surface area (Å²) in [6.07, 6.45) is -0.504. The summed E-state index contributed by atoms with van der Waals surface area (Å²) in [5.74, 6) is -1.93. The van der Waals surface area contributed by atoms with Gasteiger partial charge in [0.25, 0.3) is 0 Å². The van der Waals surface area contributed by atoms with Crippen LogP contribution in [-0.2, 0) is 19.8 Å². The highest BCUT2D eigenvalue weighted by Crippen LogP contribution is 2.26. The van der Waals surface area contributed by atoms with Crippen molar-refractivity contribution >= 4 is 22.1 Å². The van der Waals surface area contributed by atoms with Crippen LogP contribution >= 0.6 is 0 Å². The number of carboxylic acids is 1. The predicted molar refractivity (Wildman–Crippen MR) is 51.9 cm³/mol. The molecule has 0 radical (unpaired) electrons. The summed E-state index contributed by atoms with van der Waals surface area (Å²) in [5.41, 5.74) is -1.53. The van der Waals surface area contributed by atoms with Crippen LogP contribution in [0.25, 0.3) is 0 Å². The zero-order valence-electron chi connectivity index (χ0n) is 8.81. The Morgan fingerprint density at radius 2 is 2.06 bits per heavy atom. The van der Waals surface area contributed by atoms with Gasteiger partial charge in [-0.1, -0.05) is 0 Å². The minimum atomic E-state index is -4.81. The lowest BCUT2D eigenvalue weighted by Crippen LogP contribution is -2.51. The fourth-order valence-corrected chi connectivity index (χ4v) is 2.19. The first-order valence-corrected chi connectivity index (χ1v) is 5.99. The molecule has 1 saturated heterocycles. The largest absolute Gasteiger partial charge is 0.480 e. The van der Waals surface area contributed by atoms with Crippen LogP contribution in [0.3, 0.4) is 0 Å². The lowest BCUT2D eigenvalue weighted by atomic mass is 10.0. The molecule has 16 heavy (non-hydrogen) atoms. The van der Waals surface area contributed by atoms with Crippen molar-refractivity contribution in [1.29, 1.82) is 0 Å². The Morgan fingerprint density at radius 3 is 2.38 bits per heavy atom. The molecule has 0 aromatic carbocycles. The van der Waals surface area contributed by atoms with E-state index in [-0.39, 0.29) is 0 Å². The maximum atomic E-state index is 12.7. The predicted octanol–water partition coefficient (Wildman–Crippen LogP) is -0.250. The van der Waals surface area contributed by atoms with Gasteiger partial charge in [-0.3, -0.25) is 4.79 Å². The fraction of sp³-hybridized carbons (Fsp3) is 0.750. The first-order chi connectivity index (χ1) is 7.06. The van der Waals surface area contributed by atoms with Crippen LogP contribution in [0.5, 0.6) is 0 Å². The van der Waals surface area contributed by atoms with Gasteiger partial charge in [0, 0.05) is 13.0 Å². The Balaban J connectivity index is 2.97. The normalized spacial score (nSPS) is 22.6. The van der Waals surface area contributed by atoms with Gasteiger partial charge in [0.15, 0.2) is 0 Å². The molecule has 6 nitrogen and oxygen atoms in total. The maximum Gasteiger partial charge on any atom is 0.329 e. The van der Waals surface area contributed by atoms with E-state index in [0.717, 1.165) is 4.90 Å². The van der Waals surface area contributed by atoms with E-state index in [1.165, 1.54) is 13.8 Å². The van der Waals surface area contributed by atoms with E-state index in [1.54, 1.807) is 0 Å². The summed E-state index contributed by atoms with van der Waals surface area (Å²) in [6, 6.07) is 0. The van der Waals surface area contributed by atoms with Crippen molar-refractivity contribution in [3.8, 4) is 0 Å². The van der Waals surface area contributed by atoms with E-state index in [9.17, 15) is 21.9 Å². The van der Waals surface area contributed by atoms with Crippen molar-refractivity contribution in [3.63, 3.8) is 0 Å². The third-order valence-corrected chi connectivity index (χ3v) is 3.80. The van der Waals surface area contributed by atoms with Crippen LogP contribution in [0.1, 0.15) is 20.3 Å². The summed E-state index contributed by atoms with van der Waals surface area (Å²) in [4.78, 5) is 23.2. The van der Waals surface area contributed by atoms with Gasteiger partial charge in [0.1, 0.15) is 10.8 Å². The molecule has 1 fully saturated rings. The highest BCUT2D eigenvalue weighted by Gasteiger charge is 2.47. The van der Waals surface area contributed by atoms with Crippen molar-refractivity contribution in [2.45, 2.75) is 31.1 Å². The number of carboxylic acid groups (broad SMARTS) is 1. The Hall–Kier alpha value is -1.18. The molecule has 0 bridgehead atoms. The molecule has 1 aliphatic rings. The van der Waals surface area contributed by atoms with Gasteiger partial charge in [-0.2, -0.15) is 8.42 Å². The molecule has 1 heterocycles. The number of nitrogens with zero attached hydrogens (tertiary/aromatic N) is 1. The number of carbonyl (C=O) groups is 2.